The highest BCUT2D eigenvalue weighted by Crippen LogP contribution is 2.47. The van der Waals surface area contributed by atoms with E-state index < -0.39 is 63.1 Å². The van der Waals surface area contributed by atoms with Crippen molar-refractivity contribution in [1.82, 2.24) is 0 Å². The van der Waals surface area contributed by atoms with Crippen LogP contribution in [0.2, 0.25) is 0 Å². The Balaban J connectivity index is 2.38. The molecule has 0 radical (unpaired) electrons. The van der Waals surface area contributed by atoms with E-state index >= 15 is 0 Å². The Labute approximate surface area is 399 Å². The molecule has 6 atom stereocenters. The summed E-state index contributed by atoms with van der Waals surface area (Å²) in [4.78, 5) is 23.2. The van der Waals surface area contributed by atoms with Crippen LogP contribution in [0.25, 0.3) is 0 Å². The molecule has 380 valence electrons. The second-order valence-corrected chi connectivity index (χ2v) is 18.7. The summed E-state index contributed by atoms with van der Waals surface area (Å²) >= 11 is 0. The first-order valence-corrected chi connectivity index (χ1v) is 26.9. The molecule has 6 N–H and O–H groups in total. The van der Waals surface area contributed by atoms with E-state index in [-0.39, 0.29) is 13.0 Å². The molecule has 0 bridgehead atoms. The van der Waals surface area contributed by atoms with Crippen LogP contribution in [0.1, 0.15) is 181 Å². The van der Waals surface area contributed by atoms with Crippen LogP contribution in [-0.4, -0.2) is 98.9 Å². The SMILES string of the molecule is CC/C=C\C/C=C\C/C=C\C/C=C\C/C=C\CCCCCCCC(=O)OC(COCCCCCCCCCC/C=C\C/C=C\CCCCC)COP(=O)(O)OC1C(O)C(O)C(O)C(O)C1O. The predicted molar refractivity (Wildman–Crippen MR) is 267 cm³/mol. The molecule has 1 fully saturated rings. The van der Waals surface area contributed by atoms with Crippen molar-refractivity contribution in [3.63, 3.8) is 0 Å². The van der Waals surface area contributed by atoms with E-state index in [1.54, 1.807) is 0 Å². The number of unbranched alkanes of at least 4 members (excludes halogenated alkanes) is 16. The number of hydrogen-bond donors (Lipinski definition) is 6. The molecular formula is C53H91O12P. The van der Waals surface area contributed by atoms with Crippen molar-refractivity contribution >= 4 is 13.8 Å². The number of esters is 1. The van der Waals surface area contributed by atoms with Crippen molar-refractivity contribution in [3.8, 4) is 0 Å². The van der Waals surface area contributed by atoms with Gasteiger partial charge in [0.1, 0.15) is 42.7 Å². The average Bonchev–Trinajstić information content (AvgIpc) is 3.30. The fourth-order valence-corrected chi connectivity index (χ4v) is 8.21. The minimum Gasteiger partial charge on any atom is -0.457 e. The lowest BCUT2D eigenvalue weighted by Gasteiger charge is -2.41. The number of aliphatic hydroxyl groups excluding tert-OH is 5. The van der Waals surface area contributed by atoms with Gasteiger partial charge in [0.05, 0.1) is 13.2 Å². The van der Waals surface area contributed by atoms with Gasteiger partial charge in [-0.15, -0.1) is 0 Å². The molecule has 0 aromatic rings. The van der Waals surface area contributed by atoms with Crippen LogP contribution < -0.4 is 0 Å². The summed E-state index contributed by atoms with van der Waals surface area (Å²) in [6.07, 6.45) is 44.9. The fourth-order valence-electron chi connectivity index (χ4n) is 7.24. The van der Waals surface area contributed by atoms with Gasteiger partial charge >= 0.3 is 13.8 Å². The van der Waals surface area contributed by atoms with Gasteiger partial charge in [-0.25, -0.2) is 4.57 Å². The zero-order valence-electron chi connectivity index (χ0n) is 40.7. The zero-order valence-corrected chi connectivity index (χ0v) is 41.6. The highest BCUT2D eigenvalue weighted by atomic mass is 31.2. The van der Waals surface area contributed by atoms with E-state index in [4.69, 9.17) is 18.5 Å². The lowest BCUT2D eigenvalue weighted by atomic mass is 9.85. The molecule has 1 aliphatic carbocycles. The van der Waals surface area contributed by atoms with Crippen LogP contribution in [0.15, 0.2) is 85.1 Å². The predicted octanol–water partition coefficient (Wildman–Crippen LogP) is 11.3. The van der Waals surface area contributed by atoms with Crippen molar-refractivity contribution in [2.45, 2.75) is 224 Å². The second-order valence-electron chi connectivity index (χ2n) is 17.3. The van der Waals surface area contributed by atoms with Crippen LogP contribution in [-0.2, 0) is 27.9 Å². The third-order valence-corrected chi connectivity index (χ3v) is 12.2. The lowest BCUT2D eigenvalue weighted by Crippen LogP contribution is -2.64. The number of phosphoric ester groups is 1. The van der Waals surface area contributed by atoms with Gasteiger partial charge in [0.25, 0.3) is 0 Å². The Hall–Kier alpha value is -2.48. The van der Waals surface area contributed by atoms with Gasteiger partial charge in [-0.05, 0) is 89.9 Å². The monoisotopic (exact) mass is 951 g/mol. The summed E-state index contributed by atoms with van der Waals surface area (Å²) in [5.41, 5.74) is 0. The molecule has 0 amide bonds. The van der Waals surface area contributed by atoms with E-state index in [0.29, 0.717) is 13.0 Å². The van der Waals surface area contributed by atoms with Crippen molar-refractivity contribution in [2.24, 2.45) is 0 Å². The summed E-state index contributed by atoms with van der Waals surface area (Å²) in [7, 11) is -5.04. The Morgan fingerprint density at radius 1 is 0.500 bits per heavy atom. The Morgan fingerprint density at radius 3 is 1.36 bits per heavy atom. The van der Waals surface area contributed by atoms with E-state index in [1.165, 1.54) is 51.4 Å². The molecule has 6 unspecified atom stereocenters. The number of carbonyl (C=O) groups is 1. The standard InChI is InChI=1S/C53H91O12P/c1-3-5-7-9-11-13-15-17-19-21-23-24-25-26-28-30-32-34-36-38-40-42-47(54)64-46(45-63-66(60,61)65-53-51(58)49(56)48(55)50(57)52(53)59)44-62-43-41-39-37-35-33-31-29-27-22-20-18-16-14-12-10-8-6-4-2/h5,7,11-14,17-20,23-24,26,28,46,48-53,55-59H,3-4,6,8-10,15-16,21-22,25,27,29-45H2,1-2H3,(H,60,61)/b7-5-,13-11-,14-12-,19-17-,20-18-,24-23-,28-26-. The van der Waals surface area contributed by atoms with Gasteiger partial charge in [0.2, 0.25) is 0 Å². The average molecular weight is 951 g/mol. The maximum atomic E-state index is 12.9. The number of allylic oxidation sites excluding steroid dienone is 14. The van der Waals surface area contributed by atoms with Gasteiger partial charge in [0, 0.05) is 13.0 Å². The molecule has 66 heavy (non-hydrogen) atoms. The first-order chi connectivity index (χ1) is 32.0. The topological polar surface area (TPSA) is 192 Å². The maximum Gasteiger partial charge on any atom is 0.472 e. The quantitative estimate of drug-likeness (QED) is 0.0147. The molecule has 12 nitrogen and oxygen atoms in total. The van der Waals surface area contributed by atoms with Gasteiger partial charge < -0.3 is 39.9 Å². The largest absolute Gasteiger partial charge is 0.472 e. The van der Waals surface area contributed by atoms with Gasteiger partial charge in [-0.3, -0.25) is 13.8 Å². The van der Waals surface area contributed by atoms with Crippen molar-refractivity contribution in [2.75, 3.05) is 19.8 Å². The molecule has 0 saturated heterocycles. The molecule has 0 spiro atoms. The van der Waals surface area contributed by atoms with Gasteiger partial charge in [-0.1, -0.05) is 170 Å². The van der Waals surface area contributed by atoms with Gasteiger partial charge in [0.15, 0.2) is 0 Å². The Morgan fingerprint density at radius 2 is 0.894 bits per heavy atom. The molecular weight excluding hydrogens is 860 g/mol. The lowest BCUT2D eigenvalue weighted by molar-refractivity contribution is -0.220. The fraction of sp³-hybridized carbons (Fsp3) is 0.717. The molecule has 1 saturated carbocycles. The highest BCUT2D eigenvalue weighted by Gasteiger charge is 2.51. The Kier molecular flexibility index (Phi) is 39.7. The van der Waals surface area contributed by atoms with E-state index in [0.717, 1.165) is 103 Å². The zero-order chi connectivity index (χ0) is 48.4. The van der Waals surface area contributed by atoms with E-state index in [9.17, 15) is 39.8 Å². The molecule has 0 aliphatic heterocycles. The number of aliphatic hydroxyl groups is 5. The van der Waals surface area contributed by atoms with Crippen LogP contribution in [0.5, 0.6) is 0 Å². The summed E-state index contributed by atoms with van der Waals surface area (Å²) in [6.45, 7) is 4.09. The highest BCUT2D eigenvalue weighted by molar-refractivity contribution is 7.47. The summed E-state index contributed by atoms with van der Waals surface area (Å²) in [6, 6.07) is 0. The minimum atomic E-state index is -5.04. The third kappa shape index (κ3) is 33.9. The third-order valence-electron chi connectivity index (χ3n) is 11.3. The summed E-state index contributed by atoms with van der Waals surface area (Å²) in [5, 5.41) is 50.3. The second kappa shape index (κ2) is 42.6. The number of hydrogen-bond acceptors (Lipinski definition) is 11. The van der Waals surface area contributed by atoms with E-state index in [1.807, 2.05) is 0 Å². The van der Waals surface area contributed by atoms with Crippen LogP contribution >= 0.6 is 7.82 Å². The smallest absolute Gasteiger partial charge is 0.457 e. The Bertz CT molecular complexity index is 1410. The van der Waals surface area contributed by atoms with E-state index in [2.05, 4.69) is 98.9 Å². The number of carbonyl (C=O) groups excluding carboxylic acids is 1. The van der Waals surface area contributed by atoms with Crippen LogP contribution in [0.4, 0.5) is 0 Å². The number of rotatable bonds is 42. The molecule has 1 rings (SSSR count). The van der Waals surface area contributed by atoms with Crippen LogP contribution in [0, 0.1) is 0 Å². The van der Waals surface area contributed by atoms with Gasteiger partial charge in [-0.2, -0.15) is 0 Å². The van der Waals surface area contributed by atoms with Crippen LogP contribution in [0.3, 0.4) is 0 Å². The molecule has 0 heterocycles. The normalized spacial score (nSPS) is 22.1. The number of ether oxygens (including phenoxy) is 2. The molecule has 1 aliphatic rings. The maximum absolute atomic E-state index is 12.9. The summed E-state index contributed by atoms with van der Waals surface area (Å²) < 4.78 is 34.3. The minimum absolute atomic E-state index is 0.0937. The first-order valence-electron chi connectivity index (χ1n) is 25.4. The molecule has 13 heteroatoms. The van der Waals surface area contributed by atoms with Crippen molar-refractivity contribution < 1.29 is 58.3 Å². The molecule has 0 aromatic carbocycles. The summed E-state index contributed by atoms with van der Waals surface area (Å²) in [5.74, 6) is -0.501. The van der Waals surface area contributed by atoms with Crippen molar-refractivity contribution in [3.05, 3.63) is 85.1 Å². The number of phosphoric acid groups is 1. The van der Waals surface area contributed by atoms with Crippen molar-refractivity contribution in [1.29, 1.82) is 0 Å². The molecule has 0 aromatic heterocycles. The first kappa shape index (κ1) is 61.5.